The van der Waals surface area contributed by atoms with E-state index in [9.17, 15) is 4.39 Å². The van der Waals surface area contributed by atoms with Gasteiger partial charge in [0.15, 0.2) is 0 Å². The molecule has 84 valence electrons. The van der Waals surface area contributed by atoms with Gasteiger partial charge in [-0.1, -0.05) is 6.07 Å². The molecule has 1 heterocycles. The van der Waals surface area contributed by atoms with Crippen LogP contribution >= 0.6 is 0 Å². The molecular formula is C12H14FN3. The van der Waals surface area contributed by atoms with Crippen molar-refractivity contribution in [3.8, 4) is 6.07 Å². The van der Waals surface area contributed by atoms with Gasteiger partial charge < -0.3 is 9.80 Å². The molecule has 0 bridgehead atoms. The van der Waals surface area contributed by atoms with Crippen LogP contribution in [0.25, 0.3) is 0 Å². The molecule has 0 N–H and O–H groups in total. The Morgan fingerprint density at radius 2 is 1.94 bits per heavy atom. The molecule has 1 aliphatic rings. The van der Waals surface area contributed by atoms with Gasteiger partial charge in [-0.05, 0) is 19.2 Å². The lowest BCUT2D eigenvalue weighted by atomic mass is 10.1. The molecule has 1 fully saturated rings. The summed E-state index contributed by atoms with van der Waals surface area (Å²) in [5.41, 5.74) is 0.877. The maximum absolute atomic E-state index is 13.7. The second kappa shape index (κ2) is 4.50. The summed E-state index contributed by atoms with van der Waals surface area (Å²) >= 11 is 0. The second-order valence-corrected chi connectivity index (χ2v) is 4.04. The Balaban J connectivity index is 2.30. The molecule has 0 radical (unpaired) electrons. The van der Waals surface area contributed by atoms with Crippen molar-refractivity contribution >= 4 is 5.69 Å². The number of nitriles is 1. The van der Waals surface area contributed by atoms with Crippen LogP contribution in [0.2, 0.25) is 0 Å². The lowest BCUT2D eigenvalue weighted by Crippen LogP contribution is -2.45. The summed E-state index contributed by atoms with van der Waals surface area (Å²) < 4.78 is 13.7. The zero-order valence-corrected chi connectivity index (χ0v) is 9.28. The summed E-state index contributed by atoms with van der Waals surface area (Å²) in [7, 11) is 2.05. The summed E-state index contributed by atoms with van der Waals surface area (Å²) in [6, 6.07) is 6.70. The van der Waals surface area contributed by atoms with Crippen LogP contribution in [-0.4, -0.2) is 38.1 Å². The molecule has 0 amide bonds. The Kier molecular flexibility index (Phi) is 3.07. The molecule has 1 aliphatic heterocycles. The van der Waals surface area contributed by atoms with Crippen LogP contribution < -0.4 is 4.90 Å². The Bertz CT molecular complexity index is 417. The van der Waals surface area contributed by atoms with Crippen LogP contribution in [0.1, 0.15) is 5.56 Å². The van der Waals surface area contributed by atoms with Gasteiger partial charge >= 0.3 is 0 Å². The highest BCUT2D eigenvalue weighted by Crippen LogP contribution is 2.24. The third-order valence-corrected chi connectivity index (χ3v) is 2.93. The number of para-hydroxylation sites is 1. The second-order valence-electron chi connectivity index (χ2n) is 4.04. The van der Waals surface area contributed by atoms with E-state index in [-0.39, 0.29) is 5.82 Å². The minimum Gasteiger partial charge on any atom is -0.366 e. The van der Waals surface area contributed by atoms with E-state index in [0.717, 1.165) is 26.2 Å². The van der Waals surface area contributed by atoms with Crippen LogP contribution in [-0.2, 0) is 0 Å². The standard InChI is InChI=1S/C12H14FN3/c1-15-5-7-16(8-6-15)12-10(9-14)3-2-4-11(12)13/h2-4H,5-8H2,1H3. The van der Waals surface area contributed by atoms with Crippen LogP contribution in [0, 0.1) is 17.1 Å². The first-order valence-corrected chi connectivity index (χ1v) is 5.34. The molecule has 0 unspecified atom stereocenters. The molecule has 0 spiro atoms. The van der Waals surface area contributed by atoms with Crippen molar-refractivity contribution in [2.75, 3.05) is 38.1 Å². The predicted octanol–water partition coefficient (Wildman–Crippen LogP) is 1.45. The van der Waals surface area contributed by atoms with Crippen LogP contribution in [0.15, 0.2) is 18.2 Å². The molecule has 0 atom stereocenters. The van der Waals surface area contributed by atoms with Gasteiger partial charge in [-0.25, -0.2) is 4.39 Å². The van der Waals surface area contributed by atoms with Crippen LogP contribution in [0.5, 0.6) is 0 Å². The van der Waals surface area contributed by atoms with E-state index in [1.807, 2.05) is 18.0 Å². The minimum absolute atomic E-state index is 0.302. The SMILES string of the molecule is CN1CCN(c2c(F)cccc2C#N)CC1. The fourth-order valence-electron chi connectivity index (χ4n) is 1.96. The number of benzene rings is 1. The molecule has 1 aromatic rings. The van der Waals surface area contributed by atoms with E-state index < -0.39 is 0 Å². The van der Waals surface area contributed by atoms with Crippen molar-refractivity contribution < 1.29 is 4.39 Å². The molecular weight excluding hydrogens is 205 g/mol. The Labute approximate surface area is 94.7 Å². The van der Waals surface area contributed by atoms with Gasteiger partial charge in [0.05, 0.1) is 11.3 Å². The summed E-state index contributed by atoms with van der Waals surface area (Å²) in [6.45, 7) is 3.34. The molecule has 0 aromatic heterocycles. The molecule has 3 nitrogen and oxygen atoms in total. The first-order valence-electron chi connectivity index (χ1n) is 5.34. The fraction of sp³-hybridized carbons (Fsp3) is 0.417. The Morgan fingerprint density at radius 1 is 1.25 bits per heavy atom. The molecule has 16 heavy (non-hydrogen) atoms. The van der Waals surface area contributed by atoms with Gasteiger partial charge in [0.25, 0.3) is 0 Å². The monoisotopic (exact) mass is 219 g/mol. The summed E-state index contributed by atoms with van der Waals surface area (Å²) in [6.07, 6.45) is 0. The van der Waals surface area contributed by atoms with E-state index in [0.29, 0.717) is 11.3 Å². The van der Waals surface area contributed by atoms with E-state index >= 15 is 0 Å². The highest BCUT2D eigenvalue weighted by atomic mass is 19.1. The molecule has 0 saturated carbocycles. The molecule has 2 rings (SSSR count). The van der Waals surface area contributed by atoms with Crippen molar-refractivity contribution in [3.05, 3.63) is 29.6 Å². The van der Waals surface area contributed by atoms with Gasteiger partial charge in [0, 0.05) is 26.2 Å². The zero-order valence-electron chi connectivity index (χ0n) is 9.28. The van der Waals surface area contributed by atoms with Crippen LogP contribution in [0.3, 0.4) is 0 Å². The number of hydrogen-bond acceptors (Lipinski definition) is 3. The van der Waals surface area contributed by atoms with E-state index in [1.165, 1.54) is 6.07 Å². The number of rotatable bonds is 1. The van der Waals surface area contributed by atoms with E-state index in [2.05, 4.69) is 4.90 Å². The van der Waals surface area contributed by atoms with Crippen molar-refractivity contribution in [1.82, 2.24) is 4.90 Å². The lowest BCUT2D eigenvalue weighted by molar-refractivity contribution is 0.311. The number of anilines is 1. The Hall–Kier alpha value is -1.60. The number of likely N-dealkylation sites (N-methyl/N-ethyl adjacent to an activating group) is 1. The highest BCUT2D eigenvalue weighted by Gasteiger charge is 2.19. The molecule has 1 aromatic carbocycles. The molecule has 0 aliphatic carbocycles. The minimum atomic E-state index is -0.302. The van der Waals surface area contributed by atoms with Gasteiger partial charge in [-0.15, -0.1) is 0 Å². The number of halogens is 1. The predicted molar refractivity (Wildman–Crippen MR) is 60.8 cm³/mol. The van der Waals surface area contributed by atoms with Gasteiger partial charge in [0.2, 0.25) is 0 Å². The van der Waals surface area contributed by atoms with Crippen molar-refractivity contribution in [3.63, 3.8) is 0 Å². The largest absolute Gasteiger partial charge is 0.366 e. The molecule has 4 heteroatoms. The van der Waals surface area contributed by atoms with Crippen molar-refractivity contribution in [2.45, 2.75) is 0 Å². The first-order chi connectivity index (χ1) is 7.72. The van der Waals surface area contributed by atoms with Gasteiger partial charge in [-0.3, -0.25) is 0 Å². The first kappa shape index (κ1) is 10.9. The number of hydrogen-bond donors (Lipinski definition) is 0. The smallest absolute Gasteiger partial charge is 0.147 e. The summed E-state index contributed by atoms with van der Waals surface area (Å²) in [5.74, 6) is -0.302. The van der Waals surface area contributed by atoms with Gasteiger partial charge in [-0.2, -0.15) is 5.26 Å². The van der Waals surface area contributed by atoms with Crippen molar-refractivity contribution in [1.29, 1.82) is 5.26 Å². The molecule has 1 saturated heterocycles. The number of piperazine rings is 1. The summed E-state index contributed by atoms with van der Waals surface area (Å²) in [4.78, 5) is 4.15. The quantitative estimate of drug-likeness (QED) is 0.716. The average molecular weight is 219 g/mol. The maximum Gasteiger partial charge on any atom is 0.147 e. The third-order valence-electron chi connectivity index (χ3n) is 2.93. The van der Waals surface area contributed by atoms with Gasteiger partial charge in [0.1, 0.15) is 11.9 Å². The van der Waals surface area contributed by atoms with E-state index in [4.69, 9.17) is 5.26 Å². The zero-order chi connectivity index (χ0) is 11.5. The van der Waals surface area contributed by atoms with Crippen molar-refractivity contribution in [2.24, 2.45) is 0 Å². The third kappa shape index (κ3) is 2.00. The van der Waals surface area contributed by atoms with E-state index in [1.54, 1.807) is 12.1 Å². The fourth-order valence-corrected chi connectivity index (χ4v) is 1.96. The normalized spacial score (nSPS) is 17.2. The number of nitrogens with zero attached hydrogens (tertiary/aromatic N) is 3. The van der Waals surface area contributed by atoms with Crippen LogP contribution in [0.4, 0.5) is 10.1 Å². The topological polar surface area (TPSA) is 30.3 Å². The highest BCUT2D eigenvalue weighted by molar-refractivity contribution is 5.60. The Morgan fingerprint density at radius 3 is 2.56 bits per heavy atom. The maximum atomic E-state index is 13.7. The average Bonchev–Trinajstić information content (AvgIpc) is 2.30. The lowest BCUT2D eigenvalue weighted by Gasteiger charge is -2.34. The summed E-state index contributed by atoms with van der Waals surface area (Å²) in [5, 5.41) is 8.97.